The molecule has 2 heteroatoms. The fourth-order valence-electron chi connectivity index (χ4n) is 3.88. The first-order chi connectivity index (χ1) is 10.1. The van der Waals surface area contributed by atoms with Crippen molar-refractivity contribution in [2.75, 3.05) is 0 Å². The van der Waals surface area contributed by atoms with Crippen molar-refractivity contribution in [1.82, 2.24) is 5.32 Å². The lowest BCUT2D eigenvalue weighted by Crippen LogP contribution is -2.33. The van der Waals surface area contributed by atoms with Crippen LogP contribution in [-0.2, 0) is 13.0 Å². The number of ether oxygens (including phenoxy) is 1. The SMILES string of the molecule is CCC1CCCC(NCc2ccc3c(c2)CC(C)(C)O3)C1. The maximum atomic E-state index is 5.95. The minimum absolute atomic E-state index is 0.0356. The first-order valence-corrected chi connectivity index (χ1v) is 8.60. The summed E-state index contributed by atoms with van der Waals surface area (Å²) in [5.41, 5.74) is 2.73. The van der Waals surface area contributed by atoms with Gasteiger partial charge in [-0.05, 0) is 49.8 Å². The van der Waals surface area contributed by atoms with Gasteiger partial charge >= 0.3 is 0 Å². The highest BCUT2D eigenvalue weighted by atomic mass is 16.5. The highest BCUT2D eigenvalue weighted by Crippen LogP contribution is 2.35. The van der Waals surface area contributed by atoms with Crippen LogP contribution in [0.2, 0.25) is 0 Å². The summed E-state index contributed by atoms with van der Waals surface area (Å²) in [5.74, 6) is 2.01. The first kappa shape index (κ1) is 14.9. The van der Waals surface area contributed by atoms with Crippen molar-refractivity contribution in [3.05, 3.63) is 29.3 Å². The summed E-state index contributed by atoms with van der Waals surface area (Å²) >= 11 is 0. The molecule has 3 rings (SSSR count). The molecule has 0 radical (unpaired) electrons. The van der Waals surface area contributed by atoms with E-state index in [0.717, 1.165) is 24.6 Å². The Morgan fingerprint density at radius 3 is 2.95 bits per heavy atom. The molecule has 1 aromatic carbocycles. The predicted molar refractivity (Wildman–Crippen MR) is 87.7 cm³/mol. The molecule has 116 valence electrons. The largest absolute Gasteiger partial charge is 0.487 e. The third kappa shape index (κ3) is 3.60. The summed E-state index contributed by atoms with van der Waals surface area (Å²) in [5, 5.41) is 3.77. The van der Waals surface area contributed by atoms with Crippen molar-refractivity contribution in [3.63, 3.8) is 0 Å². The standard InChI is InChI=1S/C19H29NO/c1-4-14-6-5-7-17(11-14)20-13-15-8-9-18-16(10-15)12-19(2,3)21-18/h8-10,14,17,20H,4-7,11-13H2,1-3H3. The van der Waals surface area contributed by atoms with Gasteiger partial charge in [-0.25, -0.2) is 0 Å². The molecule has 2 aliphatic rings. The van der Waals surface area contributed by atoms with Crippen LogP contribution in [0.1, 0.15) is 64.0 Å². The zero-order valence-corrected chi connectivity index (χ0v) is 13.7. The smallest absolute Gasteiger partial charge is 0.123 e. The molecule has 2 unspecified atom stereocenters. The van der Waals surface area contributed by atoms with Gasteiger partial charge < -0.3 is 10.1 Å². The summed E-state index contributed by atoms with van der Waals surface area (Å²) in [6.07, 6.45) is 7.89. The van der Waals surface area contributed by atoms with Gasteiger partial charge in [-0.1, -0.05) is 38.3 Å². The van der Waals surface area contributed by atoms with Crippen molar-refractivity contribution < 1.29 is 4.74 Å². The van der Waals surface area contributed by atoms with Crippen molar-refractivity contribution in [1.29, 1.82) is 0 Å². The molecule has 1 heterocycles. The van der Waals surface area contributed by atoms with Crippen molar-refractivity contribution in [3.8, 4) is 5.75 Å². The van der Waals surface area contributed by atoms with Crippen LogP contribution in [0.15, 0.2) is 18.2 Å². The molecule has 1 saturated carbocycles. The number of fused-ring (bicyclic) bond motifs is 1. The Kier molecular flexibility index (Phi) is 4.26. The molecular weight excluding hydrogens is 258 g/mol. The molecule has 1 N–H and O–H groups in total. The topological polar surface area (TPSA) is 21.3 Å². The molecule has 1 aliphatic heterocycles. The van der Waals surface area contributed by atoms with Gasteiger partial charge in [0, 0.05) is 19.0 Å². The van der Waals surface area contributed by atoms with Gasteiger partial charge in [0.1, 0.15) is 11.4 Å². The Labute approximate surface area is 129 Å². The van der Waals surface area contributed by atoms with E-state index in [0.29, 0.717) is 6.04 Å². The lowest BCUT2D eigenvalue weighted by atomic mass is 9.84. The Morgan fingerprint density at radius 1 is 1.29 bits per heavy atom. The van der Waals surface area contributed by atoms with Gasteiger partial charge in [0.05, 0.1) is 0 Å². The van der Waals surface area contributed by atoms with E-state index in [9.17, 15) is 0 Å². The van der Waals surface area contributed by atoms with E-state index in [1.807, 2.05) is 0 Å². The van der Waals surface area contributed by atoms with Crippen LogP contribution in [0, 0.1) is 5.92 Å². The molecule has 0 aromatic heterocycles. The lowest BCUT2D eigenvalue weighted by Gasteiger charge is -2.29. The van der Waals surface area contributed by atoms with E-state index in [-0.39, 0.29) is 5.60 Å². The van der Waals surface area contributed by atoms with Crippen molar-refractivity contribution in [2.45, 2.75) is 77.5 Å². The van der Waals surface area contributed by atoms with E-state index in [1.165, 1.54) is 43.2 Å². The molecule has 0 amide bonds. The minimum atomic E-state index is -0.0356. The fourth-order valence-corrected chi connectivity index (χ4v) is 3.88. The maximum absolute atomic E-state index is 5.95. The minimum Gasteiger partial charge on any atom is -0.487 e. The molecule has 0 bridgehead atoms. The van der Waals surface area contributed by atoms with Crippen LogP contribution in [0.25, 0.3) is 0 Å². The fraction of sp³-hybridized carbons (Fsp3) is 0.684. The first-order valence-electron chi connectivity index (χ1n) is 8.60. The van der Waals surface area contributed by atoms with Gasteiger partial charge in [-0.2, -0.15) is 0 Å². The second-order valence-electron chi connectivity index (χ2n) is 7.50. The van der Waals surface area contributed by atoms with Crippen LogP contribution in [-0.4, -0.2) is 11.6 Å². The Balaban J connectivity index is 1.57. The van der Waals surface area contributed by atoms with Gasteiger partial charge in [-0.3, -0.25) is 0 Å². The highest BCUT2D eigenvalue weighted by molar-refractivity contribution is 5.41. The second-order valence-corrected chi connectivity index (χ2v) is 7.50. The Hall–Kier alpha value is -1.02. The average Bonchev–Trinajstić information content (AvgIpc) is 2.78. The Bertz CT molecular complexity index is 494. The van der Waals surface area contributed by atoms with Crippen molar-refractivity contribution >= 4 is 0 Å². The highest BCUT2D eigenvalue weighted by Gasteiger charge is 2.29. The molecule has 2 nitrogen and oxygen atoms in total. The summed E-state index contributed by atoms with van der Waals surface area (Å²) in [6.45, 7) is 7.65. The molecule has 1 aliphatic carbocycles. The van der Waals surface area contributed by atoms with E-state index in [1.54, 1.807) is 0 Å². The van der Waals surface area contributed by atoms with Crippen LogP contribution in [0.5, 0.6) is 5.75 Å². The van der Waals surface area contributed by atoms with E-state index < -0.39 is 0 Å². The van der Waals surface area contributed by atoms with Crippen LogP contribution in [0.4, 0.5) is 0 Å². The summed E-state index contributed by atoms with van der Waals surface area (Å²) in [4.78, 5) is 0. The van der Waals surface area contributed by atoms with Crippen LogP contribution >= 0.6 is 0 Å². The lowest BCUT2D eigenvalue weighted by molar-refractivity contribution is 0.138. The van der Waals surface area contributed by atoms with Gasteiger partial charge in [0.25, 0.3) is 0 Å². The van der Waals surface area contributed by atoms with Crippen LogP contribution < -0.4 is 10.1 Å². The molecule has 0 spiro atoms. The number of hydrogen-bond donors (Lipinski definition) is 1. The summed E-state index contributed by atoms with van der Waals surface area (Å²) < 4.78 is 5.95. The predicted octanol–water partition coefficient (Wildman–Crippen LogP) is 4.46. The molecule has 0 saturated heterocycles. The molecule has 2 atom stereocenters. The van der Waals surface area contributed by atoms with E-state index in [2.05, 4.69) is 44.3 Å². The monoisotopic (exact) mass is 287 g/mol. The molecule has 1 aromatic rings. The average molecular weight is 287 g/mol. The van der Waals surface area contributed by atoms with Gasteiger partial charge in [0.15, 0.2) is 0 Å². The van der Waals surface area contributed by atoms with E-state index in [4.69, 9.17) is 4.74 Å². The zero-order valence-electron chi connectivity index (χ0n) is 13.7. The quantitative estimate of drug-likeness (QED) is 0.883. The molecule has 21 heavy (non-hydrogen) atoms. The Morgan fingerprint density at radius 2 is 2.14 bits per heavy atom. The van der Waals surface area contributed by atoms with Crippen molar-refractivity contribution in [2.24, 2.45) is 5.92 Å². The second kappa shape index (κ2) is 6.00. The third-order valence-corrected chi connectivity index (χ3v) is 5.08. The van der Waals surface area contributed by atoms with Gasteiger partial charge in [0.2, 0.25) is 0 Å². The number of rotatable bonds is 4. The van der Waals surface area contributed by atoms with Gasteiger partial charge in [-0.15, -0.1) is 0 Å². The third-order valence-electron chi connectivity index (χ3n) is 5.08. The maximum Gasteiger partial charge on any atom is 0.123 e. The molecule has 1 fully saturated rings. The molecular formula is C19H29NO. The van der Waals surface area contributed by atoms with E-state index >= 15 is 0 Å². The number of hydrogen-bond acceptors (Lipinski definition) is 2. The number of nitrogens with one attached hydrogen (secondary N) is 1. The normalized spacial score (nSPS) is 27.2. The summed E-state index contributed by atoms with van der Waals surface area (Å²) in [7, 11) is 0. The zero-order chi connectivity index (χ0) is 14.9. The van der Waals surface area contributed by atoms with Crippen LogP contribution in [0.3, 0.4) is 0 Å². The summed E-state index contributed by atoms with van der Waals surface area (Å²) in [6, 6.07) is 7.41. The number of benzene rings is 1.